The summed E-state index contributed by atoms with van der Waals surface area (Å²) < 4.78 is 81.9. The minimum atomic E-state index is -4.79. The van der Waals surface area contributed by atoms with Crippen molar-refractivity contribution in [1.82, 2.24) is 5.01 Å². The second-order valence-electron chi connectivity index (χ2n) is 5.71. The number of nitrogens with zero attached hydrogens (tertiary/aromatic N) is 2. The Labute approximate surface area is 164 Å². The first-order valence-electron chi connectivity index (χ1n) is 8.01. The number of hydrazone groups is 1. The summed E-state index contributed by atoms with van der Waals surface area (Å²) in [5.74, 6) is -0.737. The summed E-state index contributed by atoms with van der Waals surface area (Å²) in [5, 5.41) is 4.46. The molecule has 27 heavy (non-hydrogen) atoms. The van der Waals surface area contributed by atoms with Crippen LogP contribution in [0, 0.1) is 0 Å². The van der Waals surface area contributed by atoms with E-state index in [-0.39, 0.29) is 11.4 Å². The molecule has 11 heteroatoms. The number of hydrogen-bond donors (Lipinski definition) is 0. The molecule has 0 radical (unpaired) electrons. The molecule has 1 aromatic rings. The lowest BCUT2D eigenvalue weighted by atomic mass is 10.2. The number of likely N-dealkylation sites (N-methyl/N-ethyl adjacent to an activating group) is 1. The maximum Gasteiger partial charge on any atom is 0.431 e. The van der Waals surface area contributed by atoms with Crippen molar-refractivity contribution in [3.05, 3.63) is 28.7 Å². The lowest BCUT2D eigenvalue weighted by Gasteiger charge is -2.22. The highest BCUT2D eigenvalue weighted by molar-refractivity contribution is 9.10. The largest absolute Gasteiger partial charge is 0.431 e. The Morgan fingerprint density at radius 2 is 1.89 bits per heavy atom. The van der Waals surface area contributed by atoms with Crippen LogP contribution >= 0.6 is 15.9 Å². The molecule has 1 rings (SSSR count). The highest BCUT2D eigenvalue weighted by Gasteiger charge is 2.37. The van der Waals surface area contributed by atoms with Crippen LogP contribution in [-0.4, -0.2) is 57.6 Å². The molecule has 0 heterocycles. The van der Waals surface area contributed by atoms with Gasteiger partial charge in [0.05, 0.1) is 23.3 Å². The zero-order valence-corrected chi connectivity index (χ0v) is 17.2. The van der Waals surface area contributed by atoms with E-state index in [2.05, 4.69) is 21.0 Å². The first-order valence-corrected chi connectivity index (χ1v) is 10.5. The number of halogens is 5. The van der Waals surface area contributed by atoms with E-state index in [0.29, 0.717) is 10.9 Å². The van der Waals surface area contributed by atoms with Crippen molar-refractivity contribution in [1.29, 1.82) is 0 Å². The summed E-state index contributed by atoms with van der Waals surface area (Å²) in [6, 6.07) is 5.62. The Balaban J connectivity index is 2.90. The van der Waals surface area contributed by atoms with Gasteiger partial charge in [0.25, 0.3) is 0 Å². The summed E-state index contributed by atoms with van der Waals surface area (Å²) in [7, 11) is -2.61. The third-order valence-corrected chi connectivity index (χ3v) is 5.88. The standard InChI is InChI=1S/C16H21BrF4N2O3S/c1-3-13(26-11-18)10-23(2)22-15(16(19,20)21)8-9-27(24,25)14-6-4-12(17)5-7-14/h4-7,13H,3,8-11H2,1-2H3/b22-15+/t13-/m1/s1. The third-order valence-electron chi connectivity index (χ3n) is 3.62. The Hall–Kier alpha value is -1.20. The quantitative estimate of drug-likeness (QED) is 0.288. The summed E-state index contributed by atoms with van der Waals surface area (Å²) in [4.78, 5) is -0.0667. The SMILES string of the molecule is CC[C@H](CN(C)/N=C(\CCS(=O)(=O)c1ccc(Br)cc1)C(F)(F)F)OCF. The Bertz CT molecular complexity index is 724. The molecule has 0 bridgehead atoms. The minimum absolute atomic E-state index is 0.0561. The van der Waals surface area contributed by atoms with Gasteiger partial charge in [-0.05, 0) is 30.7 Å². The average Bonchev–Trinajstić information content (AvgIpc) is 2.57. The van der Waals surface area contributed by atoms with Gasteiger partial charge < -0.3 is 4.74 Å². The van der Waals surface area contributed by atoms with Crippen LogP contribution in [0.2, 0.25) is 0 Å². The van der Waals surface area contributed by atoms with Crippen LogP contribution in [0.5, 0.6) is 0 Å². The van der Waals surface area contributed by atoms with Crippen molar-refractivity contribution in [3.8, 4) is 0 Å². The van der Waals surface area contributed by atoms with E-state index in [1.165, 1.54) is 31.3 Å². The fourth-order valence-corrected chi connectivity index (χ4v) is 3.68. The highest BCUT2D eigenvalue weighted by atomic mass is 79.9. The van der Waals surface area contributed by atoms with Crippen LogP contribution < -0.4 is 0 Å². The molecule has 1 aromatic carbocycles. The number of hydrogen-bond acceptors (Lipinski definition) is 5. The van der Waals surface area contributed by atoms with Crippen molar-refractivity contribution < 1.29 is 30.7 Å². The second kappa shape index (κ2) is 10.4. The number of benzene rings is 1. The van der Waals surface area contributed by atoms with E-state index in [0.717, 1.165) is 5.01 Å². The molecule has 154 valence electrons. The van der Waals surface area contributed by atoms with E-state index in [4.69, 9.17) is 4.74 Å². The zero-order chi connectivity index (χ0) is 20.7. The molecule has 0 aliphatic rings. The van der Waals surface area contributed by atoms with Gasteiger partial charge in [0, 0.05) is 17.9 Å². The predicted octanol–water partition coefficient (Wildman–Crippen LogP) is 4.19. The highest BCUT2D eigenvalue weighted by Crippen LogP contribution is 2.23. The maximum atomic E-state index is 13.2. The first-order chi connectivity index (χ1) is 12.5. The van der Waals surface area contributed by atoms with E-state index < -0.39 is 46.9 Å². The van der Waals surface area contributed by atoms with Gasteiger partial charge in [-0.3, -0.25) is 5.01 Å². The van der Waals surface area contributed by atoms with Crippen LogP contribution in [0.4, 0.5) is 17.6 Å². The molecular weight excluding hydrogens is 456 g/mol. The summed E-state index contributed by atoms with van der Waals surface area (Å²) >= 11 is 3.16. The first kappa shape index (κ1) is 23.8. The fourth-order valence-electron chi connectivity index (χ4n) is 2.17. The lowest BCUT2D eigenvalue weighted by Crippen LogP contribution is -2.32. The van der Waals surface area contributed by atoms with Crippen molar-refractivity contribution in [2.24, 2.45) is 5.10 Å². The van der Waals surface area contributed by atoms with E-state index in [1.54, 1.807) is 6.92 Å². The van der Waals surface area contributed by atoms with Crippen LogP contribution in [-0.2, 0) is 14.6 Å². The van der Waals surface area contributed by atoms with Gasteiger partial charge in [-0.15, -0.1) is 0 Å². The fraction of sp³-hybridized carbons (Fsp3) is 0.562. The van der Waals surface area contributed by atoms with Gasteiger partial charge in [0.2, 0.25) is 0 Å². The smallest absolute Gasteiger partial charge is 0.345 e. The van der Waals surface area contributed by atoms with Crippen molar-refractivity contribution in [2.75, 3.05) is 26.2 Å². The van der Waals surface area contributed by atoms with E-state index in [1.807, 2.05) is 0 Å². The number of ether oxygens (including phenoxy) is 1. The Morgan fingerprint density at radius 3 is 2.37 bits per heavy atom. The maximum absolute atomic E-state index is 13.2. The lowest BCUT2D eigenvalue weighted by molar-refractivity contribution is -0.0626. The van der Waals surface area contributed by atoms with Crippen LogP contribution in [0.25, 0.3) is 0 Å². The van der Waals surface area contributed by atoms with Crippen LogP contribution in [0.15, 0.2) is 38.7 Å². The van der Waals surface area contributed by atoms with Gasteiger partial charge >= 0.3 is 6.18 Å². The molecule has 0 fully saturated rings. The van der Waals surface area contributed by atoms with Gasteiger partial charge in [0.1, 0.15) is 5.71 Å². The molecule has 0 saturated carbocycles. The van der Waals surface area contributed by atoms with Crippen molar-refractivity contribution >= 4 is 31.5 Å². The van der Waals surface area contributed by atoms with E-state index >= 15 is 0 Å². The molecule has 0 amide bonds. The third kappa shape index (κ3) is 8.14. The Morgan fingerprint density at radius 1 is 1.30 bits per heavy atom. The molecule has 0 aliphatic heterocycles. The monoisotopic (exact) mass is 476 g/mol. The molecule has 0 aromatic heterocycles. The second-order valence-corrected chi connectivity index (χ2v) is 8.74. The van der Waals surface area contributed by atoms with Gasteiger partial charge in [0.15, 0.2) is 16.7 Å². The molecule has 0 N–H and O–H groups in total. The summed E-state index contributed by atoms with van der Waals surface area (Å²) in [5.41, 5.74) is -1.22. The molecular formula is C16H21BrF4N2O3S. The van der Waals surface area contributed by atoms with Crippen LogP contribution in [0.3, 0.4) is 0 Å². The zero-order valence-electron chi connectivity index (χ0n) is 14.8. The molecule has 0 unspecified atom stereocenters. The summed E-state index contributed by atoms with van der Waals surface area (Å²) in [6.45, 7) is 0.598. The van der Waals surface area contributed by atoms with Crippen molar-refractivity contribution in [2.45, 2.75) is 36.9 Å². The van der Waals surface area contributed by atoms with Crippen LogP contribution in [0.1, 0.15) is 19.8 Å². The van der Waals surface area contributed by atoms with E-state index in [9.17, 15) is 26.0 Å². The van der Waals surface area contributed by atoms with Gasteiger partial charge in [-0.25, -0.2) is 12.8 Å². The average molecular weight is 477 g/mol. The number of rotatable bonds is 10. The minimum Gasteiger partial charge on any atom is -0.345 e. The number of alkyl halides is 4. The molecule has 0 aliphatic carbocycles. The Kier molecular flexibility index (Phi) is 9.16. The molecule has 1 atom stereocenters. The molecule has 5 nitrogen and oxygen atoms in total. The van der Waals surface area contributed by atoms with Gasteiger partial charge in [-0.2, -0.15) is 18.3 Å². The predicted molar refractivity (Wildman–Crippen MR) is 98.1 cm³/mol. The molecule has 0 spiro atoms. The molecule has 0 saturated heterocycles. The number of sulfone groups is 1. The topological polar surface area (TPSA) is 59.0 Å². The van der Waals surface area contributed by atoms with Crippen molar-refractivity contribution in [3.63, 3.8) is 0 Å². The normalized spacial score (nSPS) is 14.3. The van der Waals surface area contributed by atoms with Gasteiger partial charge in [-0.1, -0.05) is 22.9 Å². The summed E-state index contributed by atoms with van der Waals surface area (Å²) in [6.07, 6.45) is -5.81.